The van der Waals surface area contributed by atoms with Crippen LogP contribution in [0.1, 0.15) is 55.2 Å². The lowest BCUT2D eigenvalue weighted by Crippen LogP contribution is -2.42. The van der Waals surface area contributed by atoms with E-state index in [1.54, 1.807) is 0 Å². The van der Waals surface area contributed by atoms with Gasteiger partial charge >= 0.3 is 6.18 Å². The first-order valence-corrected chi connectivity index (χ1v) is 7.46. The predicted molar refractivity (Wildman–Crippen MR) is 72.6 cm³/mol. The second kappa shape index (κ2) is 5.40. The minimum absolute atomic E-state index is 0.236. The Kier molecular flexibility index (Phi) is 3.76. The summed E-state index contributed by atoms with van der Waals surface area (Å²) in [5.41, 5.74) is 2.01. The second-order valence-electron chi connectivity index (χ2n) is 5.98. The Morgan fingerprint density at radius 2 is 1.65 bits per heavy atom. The first kappa shape index (κ1) is 13.9. The van der Waals surface area contributed by atoms with Gasteiger partial charge in [0.1, 0.15) is 0 Å². The largest absolute Gasteiger partial charge is 0.393 e. The maximum absolute atomic E-state index is 13.3. The molecule has 2 aliphatic rings. The monoisotopic (exact) mass is 283 g/mol. The van der Waals surface area contributed by atoms with Gasteiger partial charge in [0.25, 0.3) is 0 Å². The van der Waals surface area contributed by atoms with Crippen LogP contribution in [0, 0.1) is 5.92 Å². The van der Waals surface area contributed by atoms with Crippen LogP contribution >= 0.6 is 0 Å². The van der Waals surface area contributed by atoms with E-state index in [2.05, 4.69) is 5.32 Å². The maximum Gasteiger partial charge on any atom is 0.393 e. The quantitative estimate of drug-likeness (QED) is 0.839. The van der Waals surface area contributed by atoms with Crippen molar-refractivity contribution in [1.82, 2.24) is 5.32 Å². The van der Waals surface area contributed by atoms with Crippen LogP contribution in [-0.4, -0.2) is 12.7 Å². The summed E-state index contributed by atoms with van der Waals surface area (Å²) in [6, 6.07) is 7.14. The molecule has 0 radical (unpaired) electrons. The zero-order valence-corrected chi connectivity index (χ0v) is 11.4. The standard InChI is InChI=1S/C16H20F3N/c17-16(18,19)14-9-4-10-20-15(14)13-8-2-1-7-12(13)11-5-3-6-11/h1-2,7-8,11,14-15,20H,3-6,9-10H2. The van der Waals surface area contributed by atoms with E-state index < -0.39 is 18.1 Å². The molecule has 1 N–H and O–H groups in total. The number of benzene rings is 1. The summed E-state index contributed by atoms with van der Waals surface area (Å²) in [7, 11) is 0. The molecule has 4 heteroatoms. The molecule has 3 rings (SSSR count). The molecule has 20 heavy (non-hydrogen) atoms. The fraction of sp³-hybridized carbons (Fsp3) is 0.625. The molecule has 0 aromatic heterocycles. The first-order chi connectivity index (χ1) is 9.57. The minimum Gasteiger partial charge on any atom is -0.309 e. The molecule has 0 amide bonds. The van der Waals surface area contributed by atoms with Gasteiger partial charge in [-0.15, -0.1) is 0 Å². The van der Waals surface area contributed by atoms with Crippen molar-refractivity contribution in [2.75, 3.05) is 6.54 Å². The highest BCUT2D eigenvalue weighted by atomic mass is 19.4. The van der Waals surface area contributed by atoms with E-state index in [4.69, 9.17) is 0 Å². The highest BCUT2D eigenvalue weighted by Gasteiger charge is 2.46. The number of alkyl halides is 3. The van der Waals surface area contributed by atoms with Gasteiger partial charge in [-0.25, -0.2) is 0 Å². The predicted octanol–water partition coefficient (Wildman–Crippen LogP) is 4.56. The molecule has 0 spiro atoms. The van der Waals surface area contributed by atoms with Gasteiger partial charge in [-0.2, -0.15) is 13.2 Å². The topological polar surface area (TPSA) is 12.0 Å². The van der Waals surface area contributed by atoms with Crippen LogP contribution in [0.15, 0.2) is 24.3 Å². The zero-order chi connectivity index (χ0) is 14.2. The Morgan fingerprint density at radius 3 is 2.25 bits per heavy atom. The molecule has 1 aliphatic carbocycles. The molecule has 1 nitrogen and oxygen atoms in total. The average molecular weight is 283 g/mol. The normalized spacial score (nSPS) is 28.1. The van der Waals surface area contributed by atoms with E-state index >= 15 is 0 Å². The Labute approximate surface area is 117 Å². The van der Waals surface area contributed by atoms with E-state index in [-0.39, 0.29) is 6.42 Å². The number of nitrogens with one attached hydrogen (secondary N) is 1. The summed E-state index contributed by atoms with van der Waals surface area (Å²) in [5.74, 6) is -0.790. The van der Waals surface area contributed by atoms with Crippen LogP contribution in [0.5, 0.6) is 0 Å². The number of rotatable bonds is 2. The van der Waals surface area contributed by atoms with Crippen LogP contribution in [0.2, 0.25) is 0 Å². The van der Waals surface area contributed by atoms with Crippen molar-refractivity contribution in [2.45, 2.75) is 50.2 Å². The minimum atomic E-state index is -4.12. The Morgan fingerprint density at radius 1 is 0.950 bits per heavy atom. The summed E-state index contributed by atoms with van der Waals surface area (Å²) in [6.07, 6.45) is 0.137. The Hall–Kier alpha value is -1.03. The van der Waals surface area contributed by atoms with Crippen molar-refractivity contribution in [3.05, 3.63) is 35.4 Å². The van der Waals surface area contributed by atoms with E-state index in [1.165, 1.54) is 6.42 Å². The van der Waals surface area contributed by atoms with Crippen LogP contribution in [0.25, 0.3) is 0 Å². The summed E-state index contributed by atoms with van der Waals surface area (Å²) < 4.78 is 39.8. The molecule has 2 fully saturated rings. The van der Waals surface area contributed by atoms with Crippen LogP contribution < -0.4 is 5.32 Å². The van der Waals surface area contributed by atoms with E-state index in [0.29, 0.717) is 18.9 Å². The average Bonchev–Trinajstić information content (AvgIpc) is 2.36. The third kappa shape index (κ3) is 2.58. The molecule has 1 aliphatic heterocycles. The molecule has 110 valence electrons. The Balaban J connectivity index is 1.93. The lowest BCUT2D eigenvalue weighted by molar-refractivity contribution is -0.189. The summed E-state index contributed by atoms with van der Waals surface area (Å²) in [4.78, 5) is 0. The van der Waals surface area contributed by atoms with Crippen molar-refractivity contribution in [3.63, 3.8) is 0 Å². The lowest BCUT2D eigenvalue weighted by atomic mass is 9.74. The van der Waals surface area contributed by atoms with Gasteiger partial charge in [0, 0.05) is 6.04 Å². The second-order valence-corrected chi connectivity index (χ2v) is 5.98. The number of piperidine rings is 1. The third-order valence-corrected chi connectivity index (χ3v) is 4.76. The molecule has 1 saturated heterocycles. The van der Waals surface area contributed by atoms with Crippen LogP contribution in [0.4, 0.5) is 13.2 Å². The van der Waals surface area contributed by atoms with E-state index in [0.717, 1.165) is 24.0 Å². The zero-order valence-electron chi connectivity index (χ0n) is 11.4. The maximum atomic E-state index is 13.3. The summed E-state index contributed by atoms with van der Waals surface area (Å²) >= 11 is 0. The molecule has 1 heterocycles. The van der Waals surface area contributed by atoms with Crippen molar-refractivity contribution < 1.29 is 13.2 Å². The van der Waals surface area contributed by atoms with E-state index in [9.17, 15) is 13.2 Å². The highest BCUT2D eigenvalue weighted by molar-refractivity contribution is 5.35. The molecule has 1 aromatic carbocycles. The van der Waals surface area contributed by atoms with Gasteiger partial charge in [-0.05, 0) is 49.3 Å². The van der Waals surface area contributed by atoms with Gasteiger partial charge in [-0.3, -0.25) is 0 Å². The molecule has 2 atom stereocenters. The van der Waals surface area contributed by atoms with Gasteiger partial charge in [-0.1, -0.05) is 30.7 Å². The van der Waals surface area contributed by atoms with Crippen molar-refractivity contribution in [2.24, 2.45) is 5.92 Å². The van der Waals surface area contributed by atoms with Gasteiger partial charge in [0.15, 0.2) is 0 Å². The van der Waals surface area contributed by atoms with Crippen molar-refractivity contribution >= 4 is 0 Å². The number of hydrogen-bond acceptors (Lipinski definition) is 1. The van der Waals surface area contributed by atoms with Crippen LogP contribution in [-0.2, 0) is 0 Å². The third-order valence-electron chi connectivity index (χ3n) is 4.76. The van der Waals surface area contributed by atoms with Crippen LogP contribution in [0.3, 0.4) is 0 Å². The van der Waals surface area contributed by atoms with E-state index in [1.807, 2.05) is 24.3 Å². The smallest absolute Gasteiger partial charge is 0.309 e. The first-order valence-electron chi connectivity index (χ1n) is 7.46. The van der Waals surface area contributed by atoms with Gasteiger partial charge < -0.3 is 5.32 Å². The van der Waals surface area contributed by atoms with Crippen molar-refractivity contribution in [3.8, 4) is 0 Å². The SMILES string of the molecule is FC(F)(F)C1CCCNC1c1ccccc1C1CCC1. The number of halogens is 3. The van der Waals surface area contributed by atoms with Crippen molar-refractivity contribution in [1.29, 1.82) is 0 Å². The molecule has 1 aromatic rings. The summed E-state index contributed by atoms with van der Waals surface area (Å²) in [6.45, 7) is 0.677. The Bertz CT molecular complexity index is 465. The molecular formula is C16H20F3N. The molecule has 1 saturated carbocycles. The molecular weight excluding hydrogens is 263 g/mol. The summed E-state index contributed by atoms with van der Waals surface area (Å²) in [5, 5.41) is 3.12. The fourth-order valence-electron chi connectivity index (χ4n) is 3.45. The lowest BCUT2D eigenvalue weighted by Gasteiger charge is -2.37. The van der Waals surface area contributed by atoms with Gasteiger partial charge in [0.05, 0.1) is 5.92 Å². The molecule has 0 bridgehead atoms. The van der Waals surface area contributed by atoms with Gasteiger partial charge in [0.2, 0.25) is 0 Å². The fourth-order valence-corrected chi connectivity index (χ4v) is 3.45. The molecule has 2 unspecified atom stereocenters. The highest BCUT2D eigenvalue weighted by Crippen LogP contribution is 2.45. The number of hydrogen-bond donors (Lipinski definition) is 1.